The third kappa shape index (κ3) is 1.56. The van der Waals surface area contributed by atoms with Crippen molar-refractivity contribution < 1.29 is 10.2 Å². The average molecular weight is 290 g/mol. The van der Waals surface area contributed by atoms with Crippen molar-refractivity contribution in [3.8, 4) is 0 Å². The molecule has 4 saturated carbocycles. The molecule has 0 aromatic heterocycles. The zero-order valence-corrected chi connectivity index (χ0v) is 13.4. The predicted octanol–water partition coefficient (Wildman–Crippen LogP) is 3.39. The summed E-state index contributed by atoms with van der Waals surface area (Å²) in [6.45, 7) is 7.38. The molecule has 0 aliphatic heterocycles. The Balaban J connectivity index is 1.85. The number of aliphatic hydroxyl groups is 2. The minimum absolute atomic E-state index is 0.0979. The van der Waals surface area contributed by atoms with Gasteiger partial charge in [-0.1, -0.05) is 31.9 Å². The summed E-state index contributed by atoms with van der Waals surface area (Å²) in [6, 6.07) is 0. The SMILES string of the molecule is C=C1C[C@]23C[C@H]1CC[C@H]2[C@]1(CO)CCC[C@H](C)[C@H]1[C@@H]3CO. The minimum Gasteiger partial charge on any atom is -0.396 e. The zero-order valence-electron chi connectivity index (χ0n) is 13.4. The topological polar surface area (TPSA) is 40.5 Å². The van der Waals surface area contributed by atoms with Crippen molar-refractivity contribution in [3.63, 3.8) is 0 Å². The second-order valence-electron chi connectivity index (χ2n) is 8.67. The van der Waals surface area contributed by atoms with Gasteiger partial charge in [-0.2, -0.15) is 0 Å². The van der Waals surface area contributed by atoms with E-state index in [9.17, 15) is 10.2 Å². The number of hydrogen-bond donors (Lipinski definition) is 2. The van der Waals surface area contributed by atoms with E-state index in [0.29, 0.717) is 42.8 Å². The Morgan fingerprint density at radius 2 is 2.05 bits per heavy atom. The van der Waals surface area contributed by atoms with Crippen LogP contribution in [0.1, 0.15) is 51.9 Å². The molecular weight excluding hydrogens is 260 g/mol. The van der Waals surface area contributed by atoms with Crippen LogP contribution in [-0.4, -0.2) is 23.4 Å². The molecule has 7 atom stereocenters. The van der Waals surface area contributed by atoms with Crippen molar-refractivity contribution in [1.82, 2.24) is 0 Å². The fourth-order valence-electron chi connectivity index (χ4n) is 7.69. The van der Waals surface area contributed by atoms with Gasteiger partial charge < -0.3 is 10.2 Å². The van der Waals surface area contributed by atoms with Crippen molar-refractivity contribution in [2.24, 2.45) is 40.4 Å². The number of rotatable bonds is 2. The monoisotopic (exact) mass is 290 g/mol. The van der Waals surface area contributed by atoms with Crippen molar-refractivity contribution in [3.05, 3.63) is 12.2 Å². The quantitative estimate of drug-likeness (QED) is 0.765. The van der Waals surface area contributed by atoms with Crippen LogP contribution in [0.3, 0.4) is 0 Å². The summed E-state index contributed by atoms with van der Waals surface area (Å²) < 4.78 is 0. The van der Waals surface area contributed by atoms with Crippen LogP contribution < -0.4 is 0 Å². The molecule has 4 aliphatic carbocycles. The summed E-state index contributed by atoms with van der Waals surface area (Å²) in [5, 5.41) is 20.7. The Hall–Kier alpha value is -0.340. The largest absolute Gasteiger partial charge is 0.396 e. The van der Waals surface area contributed by atoms with Crippen molar-refractivity contribution in [2.45, 2.75) is 51.9 Å². The summed E-state index contributed by atoms with van der Waals surface area (Å²) in [4.78, 5) is 0. The van der Waals surface area contributed by atoms with Gasteiger partial charge in [0.2, 0.25) is 0 Å². The summed E-state index contributed by atoms with van der Waals surface area (Å²) in [7, 11) is 0. The third-order valence-electron chi connectivity index (χ3n) is 8.19. The van der Waals surface area contributed by atoms with Crippen LogP contribution in [0.2, 0.25) is 0 Å². The molecule has 4 rings (SSSR count). The van der Waals surface area contributed by atoms with Crippen LogP contribution in [0.5, 0.6) is 0 Å². The lowest BCUT2D eigenvalue weighted by atomic mass is 9.57. The Kier molecular flexibility index (Phi) is 3.11. The van der Waals surface area contributed by atoms with Crippen LogP contribution in [0.25, 0.3) is 0 Å². The number of fused-ring (bicyclic) bond motifs is 3. The number of hydrogen-bond acceptors (Lipinski definition) is 2. The smallest absolute Gasteiger partial charge is 0.0493 e. The first kappa shape index (κ1) is 14.3. The Morgan fingerprint density at radius 1 is 1.24 bits per heavy atom. The van der Waals surface area contributed by atoms with E-state index < -0.39 is 0 Å². The second kappa shape index (κ2) is 4.58. The van der Waals surface area contributed by atoms with Gasteiger partial charge in [-0.25, -0.2) is 0 Å². The molecule has 2 N–H and O–H groups in total. The minimum atomic E-state index is 0.0979. The van der Waals surface area contributed by atoms with E-state index in [0.717, 1.165) is 6.42 Å². The first-order valence-corrected chi connectivity index (χ1v) is 8.98. The van der Waals surface area contributed by atoms with Crippen LogP contribution >= 0.6 is 0 Å². The summed E-state index contributed by atoms with van der Waals surface area (Å²) in [6.07, 6.45) is 8.60. The number of allylic oxidation sites excluding steroid dienone is 1. The van der Waals surface area contributed by atoms with E-state index in [-0.39, 0.29) is 10.8 Å². The van der Waals surface area contributed by atoms with E-state index in [1.165, 1.54) is 44.1 Å². The van der Waals surface area contributed by atoms with E-state index >= 15 is 0 Å². The molecule has 2 bridgehead atoms. The molecule has 0 amide bonds. The van der Waals surface area contributed by atoms with E-state index in [2.05, 4.69) is 13.5 Å². The van der Waals surface area contributed by atoms with Gasteiger partial charge in [0.1, 0.15) is 0 Å². The molecule has 4 fully saturated rings. The summed E-state index contributed by atoms with van der Waals surface area (Å²) in [5.74, 6) is 2.88. The fourth-order valence-corrected chi connectivity index (χ4v) is 7.69. The molecule has 21 heavy (non-hydrogen) atoms. The van der Waals surface area contributed by atoms with Gasteiger partial charge in [0.15, 0.2) is 0 Å². The lowest BCUT2D eigenvalue weighted by Gasteiger charge is -2.48. The van der Waals surface area contributed by atoms with Gasteiger partial charge >= 0.3 is 0 Å². The molecular formula is C19H30O2. The van der Waals surface area contributed by atoms with Crippen LogP contribution in [0, 0.1) is 40.4 Å². The molecule has 2 heteroatoms. The van der Waals surface area contributed by atoms with Crippen LogP contribution in [0.4, 0.5) is 0 Å². The van der Waals surface area contributed by atoms with E-state index in [4.69, 9.17) is 0 Å². The molecule has 0 saturated heterocycles. The maximum atomic E-state index is 10.4. The van der Waals surface area contributed by atoms with Crippen LogP contribution in [-0.2, 0) is 0 Å². The van der Waals surface area contributed by atoms with Gasteiger partial charge in [0, 0.05) is 18.6 Å². The maximum Gasteiger partial charge on any atom is 0.0493 e. The van der Waals surface area contributed by atoms with Gasteiger partial charge in [0.05, 0.1) is 0 Å². The lowest BCUT2D eigenvalue weighted by Crippen LogP contribution is -2.44. The molecule has 4 aliphatic rings. The standard InChI is InChI=1S/C19H30O2/c1-12-4-3-7-18(11-21)16-6-5-14-9-19(16,8-13(14)2)15(10-20)17(12)18/h12,14-17,20-21H,2-11H2,1H3/t12-,14+,15-,16-,17-,18+,19+/m0/s1. The van der Waals surface area contributed by atoms with E-state index in [1.807, 2.05) is 0 Å². The highest BCUT2D eigenvalue weighted by molar-refractivity contribution is 5.26. The molecule has 0 heterocycles. The molecule has 0 aromatic rings. The zero-order chi connectivity index (χ0) is 14.8. The van der Waals surface area contributed by atoms with Crippen molar-refractivity contribution in [2.75, 3.05) is 13.2 Å². The normalized spacial score (nSPS) is 55.4. The van der Waals surface area contributed by atoms with Crippen LogP contribution in [0.15, 0.2) is 12.2 Å². The molecule has 0 radical (unpaired) electrons. The summed E-state index contributed by atoms with van der Waals surface area (Å²) >= 11 is 0. The lowest BCUT2D eigenvalue weighted by molar-refractivity contribution is -0.0408. The first-order chi connectivity index (χ1) is 10.1. The molecule has 0 aromatic carbocycles. The number of aliphatic hydroxyl groups excluding tert-OH is 2. The van der Waals surface area contributed by atoms with Gasteiger partial charge in [-0.15, -0.1) is 0 Å². The molecule has 118 valence electrons. The second-order valence-corrected chi connectivity index (χ2v) is 8.67. The Bertz CT molecular complexity index is 458. The van der Waals surface area contributed by atoms with E-state index in [1.54, 1.807) is 0 Å². The average Bonchev–Trinajstić information content (AvgIpc) is 2.88. The fraction of sp³-hybridized carbons (Fsp3) is 0.895. The van der Waals surface area contributed by atoms with Crippen molar-refractivity contribution >= 4 is 0 Å². The van der Waals surface area contributed by atoms with Gasteiger partial charge in [-0.3, -0.25) is 0 Å². The predicted molar refractivity (Wildman–Crippen MR) is 83.6 cm³/mol. The maximum absolute atomic E-state index is 10.4. The summed E-state index contributed by atoms with van der Waals surface area (Å²) in [5.41, 5.74) is 1.80. The van der Waals surface area contributed by atoms with Gasteiger partial charge in [-0.05, 0) is 67.1 Å². The third-order valence-corrected chi connectivity index (χ3v) is 8.19. The van der Waals surface area contributed by atoms with Gasteiger partial charge in [0.25, 0.3) is 0 Å². The first-order valence-electron chi connectivity index (χ1n) is 8.98. The Morgan fingerprint density at radius 3 is 2.76 bits per heavy atom. The Labute approximate surface area is 128 Å². The molecule has 1 spiro atoms. The molecule has 2 nitrogen and oxygen atoms in total. The highest BCUT2D eigenvalue weighted by Gasteiger charge is 2.70. The highest BCUT2D eigenvalue weighted by Crippen LogP contribution is 2.75. The highest BCUT2D eigenvalue weighted by atomic mass is 16.3. The van der Waals surface area contributed by atoms with Crippen molar-refractivity contribution in [1.29, 1.82) is 0 Å². The molecule has 0 unspecified atom stereocenters.